The van der Waals surface area contributed by atoms with Gasteiger partial charge in [0, 0.05) is 18.5 Å². The fraction of sp³-hybridized carbons (Fsp3) is 0.769. The number of carboxylic acids is 2. The summed E-state index contributed by atoms with van der Waals surface area (Å²) in [6, 6.07) is 0.915. The summed E-state index contributed by atoms with van der Waals surface area (Å²) in [4.78, 5) is 34.4. The van der Waals surface area contributed by atoms with E-state index in [1.54, 1.807) is 0 Å². The molecule has 0 aromatic carbocycles. The molecular formula is C13H20N2O5. The smallest absolute Gasteiger partial charge is 0.323 e. The average Bonchev–Trinajstić information content (AvgIpc) is 2.66. The van der Waals surface area contributed by atoms with Gasteiger partial charge in [-0.3, -0.25) is 14.4 Å². The zero-order chi connectivity index (χ0) is 14.7. The van der Waals surface area contributed by atoms with Crippen molar-refractivity contribution in [1.82, 2.24) is 10.2 Å². The molecule has 0 saturated carbocycles. The maximum absolute atomic E-state index is 12.1. The third-order valence-electron chi connectivity index (χ3n) is 4.04. The van der Waals surface area contributed by atoms with E-state index in [9.17, 15) is 14.4 Å². The molecule has 2 unspecified atom stereocenters. The van der Waals surface area contributed by atoms with Gasteiger partial charge in [0.05, 0.1) is 0 Å². The van der Waals surface area contributed by atoms with Gasteiger partial charge >= 0.3 is 11.9 Å². The van der Waals surface area contributed by atoms with Gasteiger partial charge in [-0.15, -0.1) is 0 Å². The summed E-state index contributed by atoms with van der Waals surface area (Å²) in [6.45, 7) is -1.11. The molecule has 0 aromatic rings. The van der Waals surface area contributed by atoms with Gasteiger partial charge in [-0.05, 0) is 31.6 Å². The first-order valence-corrected chi connectivity index (χ1v) is 6.91. The van der Waals surface area contributed by atoms with Crippen LogP contribution in [0.1, 0.15) is 32.1 Å². The summed E-state index contributed by atoms with van der Waals surface area (Å²) in [5.41, 5.74) is 0. The van der Waals surface area contributed by atoms with Crippen LogP contribution in [0.4, 0.5) is 0 Å². The number of piperidine rings is 1. The number of carboxylic acid groups (broad SMARTS) is 2. The Morgan fingerprint density at radius 1 is 1.00 bits per heavy atom. The number of carbonyl (C=O) groups is 3. The van der Waals surface area contributed by atoms with Gasteiger partial charge in [0.15, 0.2) is 0 Å². The number of carbonyl (C=O) groups excluding carboxylic acids is 1. The largest absolute Gasteiger partial charge is 0.480 e. The Hall–Kier alpha value is -1.63. The normalized spacial score (nSPS) is 28.1. The lowest BCUT2D eigenvalue weighted by molar-refractivity contribution is -0.149. The van der Waals surface area contributed by atoms with Crippen LogP contribution in [0.25, 0.3) is 0 Å². The lowest BCUT2D eigenvalue weighted by Crippen LogP contribution is -2.43. The topological polar surface area (TPSA) is 107 Å². The molecule has 3 N–H and O–H groups in total. The van der Waals surface area contributed by atoms with Gasteiger partial charge in [0.2, 0.25) is 5.91 Å². The van der Waals surface area contributed by atoms with E-state index in [2.05, 4.69) is 5.32 Å². The minimum Gasteiger partial charge on any atom is -0.480 e. The van der Waals surface area contributed by atoms with Crippen molar-refractivity contribution in [3.63, 3.8) is 0 Å². The van der Waals surface area contributed by atoms with Crippen LogP contribution in [-0.2, 0) is 14.4 Å². The van der Waals surface area contributed by atoms with Crippen molar-refractivity contribution in [2.75, 3.05) is 13.1 Å². The second-order valence-corrected chi connectivity index (χ2v) is 5.72. The van der Waals surface area contributed by atoms with E-state index < -0.39 is 25.0 Å². The molecule has 2 aliphatic heterocycles. The summed E-state index contributed by atoms with van der Waals surface area (Å²) in [5, 5.41) is 21.0. The summed E-state index contributed by atoms with van der Waals surface area (Å²) in [5.74, 6) is -2.53. The van der Waals surface area contributed by atoms with Crippen molar-refractivity contribution in [3.05, 3.63) is 0 Å². The molecule has 112 valence electrons. The first kappa shape index (κ1) is 14.8. The van der Waals surface area contributed by atoms with Crippen LogP contribution >= 0.6 is 0 Å². The molecule has 7 heteroatoms. The van der Waals surface area contributed by atoms with Crippen LogP contribution < -0.4 is 5.32 Å². The highest BCUT2D eigenvalue weighted by atomic mass is 16.4. The average molecular weight is 284 g/mol. The zero-order valence-electron chi connectivity index (χ0n) is 11.2. The number of rotatable bonds is 6. The minimum atomic E-state index is -1.19. The van der Waals surface area contributed by atoms with Gasteiger partial charge in [-0.1, -0.05) is 0 Å². The van der Waals surface area contributed by atoms with E-state index in [0.29, 0.717) is 12.1 Å². The number of fused-ring (bicyclic) bond motifs is 2. The number of nitrogens with one attached hydrogen (secondary N) is 1. The van der Waals surface area contributed by atoms with Crippen LogP contribution in [0, 0.1) is 5.92 Å². The molecule has 1 amide bonds. The van der Waals surface area contributed by atoms with Crippen molar-refractivity contribution >= 4 is 17.8 Å². The fourth-order valence-corrected chi connectivity index (χ4v) is 3.28. The van der Waals surface area contributed by atoms with Gasteiger partial charge < -0.3 is 20.4 Å². The first-order chi connectivity index (χ1) is 9.44. The molecule has 2 aliphatic rings. The lowest BCUT2D eigenvalue weighted by Gasteiger charge is -2.30. The Morgan fingerprint density at radius 3 is 1.95 bits per heavy atom. The molecule has 0 aliphatic carbocycles. The maximum atomic E-state index is 12.1. The number of hydrogen-bond donors (Lipinski definition) is 3. The van der Waals surface area contributed by atoms with E-state index in [1.807, 2.05) is 0 Å². The van der Waals surface area contributed by atoms with Crippen LogP contribution in [0.5, 0.6) is 0 Å². The summed E-state index contributed by atoms with van der Waals surface area (Å²) in [6.07, 6.45) is 4.33. The minimum absolute atomic E-state index is 0.228. The Kier molecular flexibility index (Phi) is 4.59. The fourth-order valence-electron chi connectivity index (χ4n) is 3.28. The molecule has 2 saturated heterocycles. The Balaban J connectivity index is 1.90. The van der Waals surface area contributed by atoms with Gasteiger partial charge in [0.25, 0.3) is 0 Å². The van der Waals surface area contributed by atoms with Gasteiger partial charge in [0.1, 0.15) is 13.1 Å². The molecule has 7 nitrogen and oxygen atoms in total. The number of hydrogen-bond acceptors (Lipinski definition) is 4. The van der Waals surface area contributed by atoms with Crippen molar-refractivity contribution in [2.24, 2.45) is 5.92 Å². The van der Waals surface area contributed by atoms with Crippen LogP contribution in [0.15, 0.2) is 0 Å². The predicted octanol–water partition coefficient (Wildman–Crippen LogP) is -0.0951. The molecule has 2 atom stereocenters. The maximum Gasteiger partial charge on any atom is 0.323 e. The SMILES string of the molecule is O=C(O)CN(CC(=O)O)C(=O)CC1CC2CCC(C1)N2. The van der Waals surface area contributed by atoms with Crippen LogP contribution in [-0.4, -0.2) is 58.1 Å². The van der Waals surface area contributed by atoms with E-state index >= 15 is 0 Å². The third kappa shape index (κ3) is 3.93. The van der Waals surface area contributed by atoms with Gasteiger partial charge in [-0.2, -0.15) is 0 Å². The molecule has 2 fully saturated rings. The Bertz CT molecular complexity index is 384. The van der Waals surface area contributed by atoms with Crippen molar-refractivity contribution < 1.29 is 24.6 Å². The van der Waals surface area contributed by atoms with Crippen LogP contribution in [0.2, 0.25) is 0 Å². The summed E-state index contributed by atoms with van der Waals surface area (Å²) in [7, 11) is 0. The quantitative estimate of drug-likeness (QED) is 0.629. The van der Waals surface area contributed by atoms with Gasteiger partial charge in [-0.25, -0.2) is 0 Å². The number of amides is 1. The summed E-state index contributed by atoms with van der Waals surface area (Å²) < 4.78 is 0. The Labute approximate surface area is 116 Å². The number of nitrogens with zero attached hydrogens (tertiary/aromatic N) is 1. The van der Waals surface area contributed by atoms with Crippen molar-refractivity contribution in [1.29, 1.82) is 0 Å². The molecule has 0 aromatic heterocycles. The molecule has 2 rings (SSSR count). The van der Waals surface area contributed by atoms with Crippen LogP contribution in [0.3, 0.4) is 0 Å². The van der Waals surface area contributed by atoms with E-state index in [1.165, 1.54) is 0 Å². The molecule has 0 radical (unpaired) electrons. The second-order valence-electron chi connectivity index (χ2n) is 5.72. The highest BCUT2D eigenvalue weighted by Crippen LogP contribution is 2.32. The molecule has 2 bridgehead atoms. The number of aliphatic carboxylic acids is 2. The predicted molar refractivity (Wildman–Crippen MR) is 69.1 cm³/mol. The Morgan fingerprint density at radius 2 is 1.50 bits per heavy atom. The van der Waals surface area contributed by atoms with Crippen molar-refractivity contribution in [3.8, 4) is 0 Å². The summed E-state index contributed by atoms with van der Waals surface area (Å²) >= 11 is 0. The highest BCUT2D eigenvalue weighted by Gasteiger charge is 2.35. The lowest BCUT2D eigenvalue weighted by atomic mass is 9.89. The standard InChI is InChI=1S/C13H20N2O5/c16-11(15(6-12(17)18)7-13(19)20)5-8-3-9-1-2-10(4-8)14-9/h8-10,14H,1-7H2,(H,17,18)(H,19,20). The van der Waals surface area contributed by atoms with Crippen molar-refractivity contribution in [2.45, 2.75) is 44.2 Å². The first-order valence-electron chi connectivity index (χ1n) is 6.91. The van der Waals surface area contributed by atoms with E-state index in [0.717, 1.165) is 30.6 Å². The highest BCUT2D eigenvalue weighted by molar-refractivity contribution is 5.85. The molecular weight excluding hydrogens is 264 g/mol. The zero-order valence-corrected chi connectivity index (χ0v) is 11.2. The van der Waals surface area contributed by atoms with E-state index in [4.69, 9.17) is 10.2 Å². The molecule has 2 heterocycles. The molecule has 0 spiro atoms. The second kappa shape index (κ2) is 6.21. The monoisotopic (exact) mass is 284 g/mol. The third-order valence-corrected chi connectivity index (χ3v) is 4.04. The molecule has 20 heavy (non-hydrogen) atoms. The van der Waals surface area contributed by atoms with E-state index in [-0.39, 0.29) is 18.2 Å².